The summed E-state index contributed by atoms with van der Waals surface area (Å²) in [5, 5.41) is 6.73. The van der Waals surface area contributed by atoms with Crippen molar-refractivity contribution in [3.63, 3.8) is 0 Å². The van der Waals surface area contributed by atoms with Crippen LogP contribution in [0.3, 0.4) is 0 Å². The van der Waals surface area contributed by atoms with Crippen molar-refractivity contribution in [1.82, 2.24) is 15.5 Å². The van der Waals surface area contributed by atoms with Crippen molar-refractivity contribution >= 4 is 29.9 Å². The highest BCUT2D eigenvalue weighted by molar-refractivity contribution is 14.0. The van der Waals surface area contributed by atoms with E-state index in [0.29, 0.717) is 6.54 Å². The summed E-state index contributed by atoms with van der Waals surface area (Å²) >= 11 is 0. The van der Waals surface area contributed by atoms with Gasteiger partial charge < -0.3 is 20.3 Å². The predicted molar refractivity (Wildman–Crippen MR) is 129 cm³/mol. The average molecular weight is 496 g/mol. The molecule has 0 aromatic heterocycles. The standard InChI is InChI=1S/C22H32N4O.HI/c1-5-23-22(24-14-13-18-9-11-21(27-4)12-10-18)25-16-19-7-6-8-20(15-19)17-26(2)3;/h6-12,15H,5,13-14,16-17H2,1-4H3,(H2,23,24,25);1H. The lowest BCUT2D eigenvalue weighted by Crippen LogP contribution is -2.38. The van der Waals surface area contributed by atoms with Gasteiger partial charge in [-0.1, -0.05) is 36.4 Å². The molecule has 0 amide bonds. The number of methoxy groups -OCH3 is 1. The summed E-state index contributed by atoms with van der Waals surface area (Å²) in [6.45, 7) is 5.36. The van der Waals surface area contributed by atoms with Gasteiger partial charge in [-0.15, -0.1) is 24.0 Å². The number of aliphatic imine (C=N–C) groups is 1. The molecule has 0 saturated carbocycles. The van der Waals surface area contributed by atoms with Crippen molar-refractivity contribution in [3.05, 3.63) is 65.2 Å². The fraction of sp³-hybridized carbons (Fsp3) is 0.409. The van der Waals surface area contributed by atoms with Crippen molar-refractivity contribution in [1.29, 1.82) is 0 Å². The third-order valence-electron chi connectivity index (χ3n) is 4.12. The summed E-state index contributed by atoms with van der Waals surface area (Å²) in [6.07, 6.45) is 0.937. The summed E-state index contributed by atoms with van der Waals surface area (Å²) in [5.41, 5.74) is 3.81. The molecule has 0 aliphatic rings. The molecule has 2 aromatic carbocycles. The first-order valence-corrected chi connectivity index (χ1v) is 9.48. The Kier molecular flexibility index (Phi) is 11.6. The molecule has 0 unspecified atom stereocenters. The van der Waals surface area contributed by atoms with Crippen LogP contribution >= 0.6 is 24.0 Å². The van der Waals surface area contributed by atoms with Gasteiger partial charge in [0.25, 0.3) is 0 Å². The molecule has 2 aromatic rings. The molecule has 5 nitrogen and oxygen atoms in total. The number of ether oxygens (including phenoxy) is 1. The van der Waals surface area contributed by atoms with Gasteiger partial charge in [0.1, 0.15) is 5.75 Å². The van der Waals surface area contributed by atoms with E-state index in [9.17, 15) is 0 Å². The van der Waals surface area contributed by atoms with E-state index in [1.165, 1.54) is 16.7 Å². The van der Waals surface area contributed by atoms with E-state index in [1.807, 2.05) is 12.1 Å². The second kappa shape index (κ2) is 13.4. The maximum Gasteiger partial charge on any atom is 0.191 e. The van der Waals surface area contributed by atoms with Gasteiger partial charge in [-0.05, 0) is 56.3 Å². The lowest BCUT2D eigenvalue weighted by molar-refractivity contribution is 0.402. The zero-order valence-corrected chi connectivity index (χ0v) is 19.7. The number of benzene rings is 2. The summed E-state index contributed by atoms with van der Waals surface area (Å²) < 4.78 is 5.20. The molecule has 154 valence electrons. The quantitative estimate of drug-likeness (QED) is 0.316. The second-order valence-corrected chi connectivity index (χ2v) is 6.78. The van der Waals surface area contributed by atoms with Crippen LogP contribution in [0.15, 0.2) is 53.5 Å². The molecule has 2 N–H and O–H groups in total. The van der Waals surface area contributed by atoms with E-state index < -0.39 is 0 Å². The van der Waals surface area contributed by atoms with Crippen LogP contribution in [0.25, 0.3) is 0 Å². The van der Waals surface area contributed by atoms with Gasteiger partial charge in [0.05, 0.1) is 13.7 Å². The van der Waals surface area contributed by atoms with E-state index in [1.54, 1.807) is 7.11 Å². The predicted octanol–water partition coefficient (Wildman–Crippen LogP) is 3.67. The van der Waals surface area contributed by atoms with Crippen molar-refractivity contribution in [2.24, 2.45) is 4.99 Å². The lowest BCUT2D eigenvalue weighted by Gasteiger charge is -2.12. The average Bonchev–Trinajstić information content (AvgIpc) is 2.66. The SMILES string of the molecule is CCNC(=NCc1cccc(CN(C)C)c1)NCCc1ccc(OC)cc1.I. The highest BCUT2D eigenvalue weighted by atomic mass is 127. The van der Waals surface area contributed by atoms with Crippen LogP contribution in [0, 0.1) is 0 Å². The van der Waals surface area contributed by atoms with Gasteiger partial charge in [0.15, 0.2) is 5.96 Å². The largest absolute Gasteiger partial charge is 0.497 e. The molecule has 0 bridgehead atoms. The Morgan fingerprint density at radius 1 is 1.00 bits per heavy atom. The first-order chi connectivity index (χ1) is 13.1. The Balaban J connectivity index is 0.00000392. The lowest BCUT2D eigenvalue weighted by atomic mass is 10.1. The van der Waals surface area contributed by atoms with Crippen LogP contribution in [0.4, 0.5) is 0 Å². The maximum atomic E-state index is 5.20. The van der Waals surface area contributed by atoms with Gasteiger partial charge in [0.2, 0.25) is 0 Å². The zero-order chi connectivity index (χ0) is 19.5. The van der Waals surface area contributed by atoms with Crippen molar-refractivity contribution in [3.8, 4) is 5.75 Å². The Bertz CT molecular complexity index is 717. The van der Waals surface area contributed by atoms with Crippen molar-refractivity contribution in [2.75, 3.05) is 34.3 Å². The fourth-order valence-corrected chi connectivity index (χ4v) is 2.82. The maximum absolute atomic E-state index is 5.20. The Hall–Kier alpha value is -1.80. The summed E-state index contributed by atoms with van der Waals surface area (Å²) in [7, 11) is 5.85. The third-order valence-corrected chi connectivity index (χ3v) is 4.12. The Labute approximate surface area is 186 Å². The van der Waals surface area contributed by atoms with E-state index in [0.717, 1.165) is 37.8 Å². The Morgan fingerprint density at radius 3 is 2.36 bits per heavy atom. The minimum atomic E-state index is 0. The summed E-state index contributed by atoms with van der Waals surface area (Å²) in [6, 6.07) is 16.8. The number of guanidine groups is 1. The molecule has 28 heavy (non-hydrogen) atoms. The van der Waals surface area contributed by atoms with Crippen LogP contribution in [-0.4, -0.2) is 45.2 Å². The number of rotatable bonds is 9. The van der Waals surface area contributed by atoms with E-state index in [-0.39, 0.29) is 24.0 Å². The minimum absolute atomic E-state index is 0. The van der Waals surface area contributed by atoms with Crippen LogP contribution < -0.4 is 15.4 Å². The topological polar surface area (TPSA) is 48.9 Å². The van der Waals surface area contributed by atoms with E-state index in [2.05, 4.69) is 73.0 Å². The molecule has 6 heteroatoms. The van der Waals surface area contributed by atoms with Crippen LogP contribution in [0.1, 0.15) is 23.6 Å². The molecule has 0 aliphatic heterocycles. The minimum Gasteiger partial charge on any atom is -0.497 e. The number of nitrogens with one attached hydrogen (secondary N) is 2. The van der Waals surface area contributed by atoms with Crippen LogP contribution in [0.5, 0.6) is 5.75 Å². The smallest absolute Gasteiger partial charge is 0.191 e. The summed E-state index contributed by atoms with van der Waals surface area (Å²) in [4.78, 5) is 6.90. The van der Waals surface area contributed by atoms with Gasteiger partial charge in [-0.25, -0.2) is 4.99 Å². The third kappa shape index (κ3) is 8.93. The molecule has 0 aliphatic carbocycles. The monoisotopic (exact) mass is 496 g/mol. The van der Waals surface area contributed by atoms with Gasteiger partial charge in [-0.2, -0.15) is 0 Å². The molecular formula is C22H33IN4O. The molecule has 0 spiro atoms. The first-order valence-electron chi connectivity index (χ1n) is 9.48. The van der Waals surface area contributed by atoms with Crippen LogP contribution in [-0.2, 0) is 19.5 Å². The number of nitrogens with zero attached hydrogens (tertiary/aromatic N) is 2. The first kappa shape index (κ1) is 24.2. The molecule has 0 fully saturated rings. The molecular weight excluding hydrogens is 463 g/mol. The highest BCUT2D eigenvalue weighted by Crippen LogP contribution is 2.11. The second-order valence-electron chi connectivity index (χ2n) is 6.78. The fourth-order valence-electron chi connectivity index (χ4n) is 2.82. The van der Waals surface area contributed by atoms with Gasteiger partial charge >= 0.3 is 0 Å². The number of hydrogen-bond acceptors (Lipinski definition) is 3. The molecule has 0 saturated heterocycles. The molecule has 0 heterocycles. The highest BCUT2D eigenvalue weighted by Gasteiger charge is 2.01. The van der Waals surface area contributed by atoms with E-state index in [4.69, 9.17) is 9.73 Å². The zero-order valence-electron chi connectivity index (χ0n) is 17.4. The van der Waals surface area contributed by atoms with Crippen molar-refractivity contribution in [2.45, 2.75) is 26.4 Å². The van der Waals surface area contributed by atoms with Gasteiger partial charge in [0, 0.05) is 19.6 Å². The molecule has 0 radical (unpaired) electrons. The molecule has 2 rings (SSSR count). The van der Waals surface area contributed by atoms with E-state index >= 15 is 0 Å². The van der Waals surface area contributed by atoms with Crippen molar-refractivity contribution < 1.29 is 4.74 Å². The number of hydrogen-bond donors (Lipinski definition) is 2. The summed E-state index contributed by atoms with van der Waals surface area (Å²) in [5.74, 6) is 1.74. The number of halogens is 1. The molecule has 0 atom stereocenters. The Morgan fingerprint density at radius 2 is 1.71 bits per heavy atom. The van der Waals surface area contributed by atoms with Crippen LogP contribution in [0.2, 0.25) is 0 Å². The normalized spacial score (nSPS) is 11.1. The van der Waals surface area contributed by atoms with Gasteiger partial charge in [-0.3, -0.25) is 0 Å².